The number of hydrogen-bond acceptors (Lipinski definition) is 2. The van der Waals surface area contributed by atoms with Crippen LogP contribution < -0.4 is 5.32 Å². The van der Waals surface area contributed by atoms with Crippen molar-refractivity contribution in [3.63, 3.8) is 0 Å². The highest BCUT2D eigenvalue weighted by molar-refractivity contribution is 5.74. The Hall–Kier alpha value is -2.30. The number of benzene rings is 1. The van der Waals surface area contributed by atoms with E-state index in [9.17, 15) is 9.59 Å². The van der Waals surface area contributed by atoms with Crippen molar-refractivity contribution >= 4 is 12.0 Å². The van der Waals surface area contributed by atoms with Crippen LogP contribution in [0.3, 0.4) is 0 Å². The molecule has 0 heterocycles. The largest absolute Gasteiger partial charge is 0.481 e. The quantitative estimate of drug-likeness (QED) is 0.751. The lowest BCUT2D eigenvalue weighted by molar-refractivity contribution is -0.137. The van der Waals surface area contributed by atoms with Crippen molar-refractivity contribution in [2.24, 2.45) is 0 Å². The lowest BCUT2D eigenvalue weighted by Gasteiger charge is -2.23. The first kappa shape index (κ1) is 15.8. The summed E-state index contributed by atoms with van der Waals surface area (Å²) in [4.78, 5) is 24.2. The number of amides is 2. The van der Waals surface area contributed by atoms with E-state index in [-0.39, 0.29) is 18.5 Å². The molecule has 1 rings (SSSR count). The fourth-order valence-electron chi connectivity index (χ4n) is 1.81. The number of hydrogen-bond donors (Lipinski definition) is 2. The van der Waals surface area contributed by atoms with E-state index >= 15 is 0 Å². The molecule has 1 unspecified atom stereocenters. The van der Waals surface area contributed by atoms with Crippen molar-refractivity contribution in [3.05, 3.63) is 48.6 Å². The number of carboxylic acid groups (broad SMARTS) is 1. The second-order valence-corrected chi connectivity index (χ2v) is 4.51. The molecule has 2 amide bonds. The summed E-state index contributed by atoms with van der Waals surface area (Å²) in [5.41, 5.74) is 0.897. The van der Waals surface area contributed by atoms with Crippen molar-refractivity contribution in [2.45, 2.75) is 18.9 Å². The lowest BCUT2D eigenvalue weighted by atomic mass is 10.0. The van der Waals surface area contributed by atoms with Gasteiger partial charge in [0.05, 0.1) is 6.04 Å². The molecule has 0 aromatic heterocycles. The van der Waals surface area contributed by atoms with Crippen LogP contribution in [0.15, 0.2) is 43.0 Å². The molecular weight excluding hydrogens is 256 g/mol. The van der Waals surface area contributed by atoms with Crippen LogP contribution in [0.5, 0.6) is 0 Å². The van der Waals surface area contributed by atoms with Gasteiger partial charge in [-0.2, -0.15) is 0 Å². The van der Waals surface area contributed by atoms with Gasteiger partial charge in [0.1, 0.15) is 0 Å². The van der Waals surface area contributed by atoms with Crippen LogP contribution in [-0.2, 0) is 4.79 Å². The Morgan fingerprint density at radius 2 is 2.05 bits per heavy atom. The van der Waals surface area contributed by atoms with Gasteiger partial charge >= 0.3 is 12.0 Å². The van der Waals surface area contributed by atoms with Crippen molar-refractivity contribution < 1.29 is 14.7 Å². The fraction of sp³-hybridized carbons (Fsp3) is 0.333. The van der Waals surface area contributed by atoms with Crippen molar-refractivity contribution in [2.75, 3.05) is 13.6 Å². The SMILES string of the molecule is C=CCN(C)C(=O)NC(CCC(=O)O)c1ccccc1. The Balaban J connectivity index is 2.75. The summed E-state index contributed by atoms with van der Waals surface area (Å²) in [6.07, 6.45) is 1.99. The minimum atomic E-state index is -0.875. The second-order valence-electron chi connectivity index (χ2n) is 4.51. The van der Waals surface area contributed by atoms with Gasteiger partial charge in [0.2, 0.25) is 0 Å². The summed E-state index contributed by atoms with van der Waals surface area (Å²) in [7, 11) is 1.66. The van der Waals surface area contributed by atoms with E-state index in [4.69, 9.17) is 5.11 Å². The van der Waals surface area contributed by atoms with Crippen molar-refractivity contribution in [1.82, 2.24) is 10.2 Å². The first-order valence-corrected chi connectivity index (χ1v) is 6.44. The molecule has 0 radical (unpaired) electrons. The predicted molar refractivity (Wildman–Crippen MR) is 77.4 cm³/mol. The topological polar surface area (TPSA) is 69.6 Å². The second kappa shape index (κ2) is 7.99. The van der Waals surface area contributed by atoms with E-state index in [1.54, 1.807) is 13.1 Å². The molecule has 20 heavy (non-hydrogen) atoms. The minimum Gasteiger partial charge on any atom is -0.481 e. The van der Waals surface area contributed by atoms with Gasteiger partial charge in [0.15, 0.2) is 0 Å². The zero-order chi connectivity index (χ0) is 15.0. The van der Waals surface area contributed by atoms with Crippen LogP contribution in [0, 0.1) is 0 Å². The van der Waals surface area contributed by atoms with Crippen LogP contribution in [0.1, 0.15) is 24.4 Å². The molecule has 0 bridgehead atoms. The summed E-state index contributed by atoms with van der Waals surface area (Å²) in [5, 5.41) is 11.6. The third-order valence-corrected chi connectivity index (χ3v) is 2.90. The van der Waals surface area contributed by atoms with Crippen LogP contribution >= 0.6 is 0 Å². The highest BCUT2D eigenvalue weighted by atomic mass is 16.4. The molecule has 0 fully saturated rings. The Kier molecular flexibility index (Phi) is 6.29. The minimum absolute atomic E-state index is 0.00497. The van der Waals surface area contributed by atoms with E-state index in [0.717, 1.165) is 5.56 Å². The number of nitrogens with zero attached hydrogens (tertiary/aromatic N) is 1. The van der Waals surface area contributed by atoms with E-state index in [1.807, 2.05) is 30.3 Å². The number of carboxylic acids is 1. The van der Waals surface area contributed by atoms with Gasteiger partial charge in [0, 0.05) is 20.0 Å². The number of carbonyl (C=O) groups is 2. The molecule has 1 aromatic carbocycles. The molecule has 1 aromatic rings. The number of aliphatic carboxylic acids is 1. The average molecular weight is 276 g/mol. The molecule has 1 atom stereocenters. The summed E-state index contributed by atoms with van der Waals surface area (Å²) in [6.45, 7) is 4.02. The number of carbonyl (C=O) groups excluding carboxylic acids is 1. The zero-order valence-corrected chi connectivity index (χ0v) is 11.6. The number of nitrogens with one attached hydrogen (secondary N) is 1. The third kappa shape index (κ3) is 5.14. The van der Waals surface area contributed by atoms with E-state index in [2.05, 4.69) is 11.9 Å². The summed E-state index contributed by atoms with van der Waals surface area (Å²) in [6, 6.07) is 8.80. The number of urea groups is 1. The molecule has 0 saturated carbocycles. The lowest BCUT2D eigenvalue weighted by Crippen LogP contribution is -2.39. The highest BCUT2D eigenvalue weighted by Crippen LogP contribution is 2.18. The Labute approximate surface area is 118 Å². The molecule has 0 saturated heterocycles. The van der Waals surface area contributed by atoms with Crippen LogP contribution in [0.25, 0.3) is 0 Å². The van der Waals surface area contributed by atoms with Gasteiger partial charge in [-0.05, 0) is 12.0 Å². The zero-order valence-electron chi connectivity index (χ0n) is 11.6. The average Bonchev–Trinajstić information content (AvgIpc) is 2.44. The molecule has 0 aliphatic heterocycles. The van der Waals surface area contributed by atoms with Crippen LogP contribution in [-0.4, -0.2) is 35.6 Å². The van der Waals surface area contributed by atoms with Crippen LogP contribution in [0.4, 0.5) is 4.79 Å². The van der Waals surface area contributed by atoms with E-state index in [1.165, 1.54) is 4.90 Å². The number of likely N-dealkylation sites (N-methyl/N-ethyl adjacent to an activating group) is 1. The summed E-state index contributed by atoms with van der Waals surface area (Å²) in [5.74, 6) is -0.875. The fourth-order valence-corrected chi connectivity index (χ4v) is 1.81. The molecule has 108 valence electrons. The standard InChI is InChI=1S/C15H20N2O3/c1-3-11-17(2)15(20)16-13(9-10-14(18)19)12-7-5-4-6-8-12/h3-8,13H,1,9-11H2,2H3,(H,16,20)(H,18,19). The maximum absolute atomic E-state index is 12.0. The Bertz CT molecular complexity index is 459. The number of rotatable bonds is 7. The maximum atomic E-state index is 12.0. The van der Waals surface area contributed by atoms with E-state index < -0.39 is 5.97 Å². The molecule has 0 aliphatic carbocycles. The molecule has 5 nitrogen and oxygen atoms in total. The van der Waals surface area contributed by atoms with Crippen LogP contribution in [0.2, 0.25) is 0 Å². The predicted octanol–water partition coefficient (Wildman–Crippen LogP) is 2.42. The first-order valence-electron chi connectivity index (χ1n) is 6.44. The Morgan fingerprint density at radius 1 is 1.40 bits per heavy atom. The first-order chi connectivity index (χ1) is 9.54. The third-order valence-electron chi connectivity index (χ3n) is 2.90. The highest BCUT2D eigenvalue weighted by Gasteiger charge is 2.17. The van der Waals surface area contributed by atoms with E-state index in [0.29, 0.717) is 13.0 Å². The van der Waals surface area contributed by atoms with Gasteiger partial charge in [-0.1, -0.05) is 36.4 Å². The molecule has 5 heteroatoms. The van der Waals surface area contributed by atoms with Gasteiger partial charge in [-0.15, -0.1) is 6.58 Å². The summed E-state index contributed by atoms with van der Waals surface area (Å²) < 4.78 is 0. The van der Waals surface area contributed by atoms with Crippen molar-refractivity contribution in [3.8, 4) is 0 Å². The Morgan fingerprint density at radius 3 is 2.60 bits per heavy atom. The monoisotopic (exact) mass is 276 g/mol. The maximum Gasteiger partial charge on any atom is 0.317 e. The smallest absolute Gasteiger partial charge is 0.317 e. The normalized spacial score (nSPS) is 11.4. The van der Waals surface area contributed by atoms with Gasteiger partial charge < -0.3 is 15.3 Å². The van der Waals surface area contributed by atoms with Gasteiger partial charge in [0.25, 0.3) is 0 Å². The van der Waals surface area contributed by atoms with Gasteiger partial charge in [-0.3, -0.25) is 4.79 Å². The molecule has 0 aliphatic rings. The van der Waals surface area contributed by atoms with Crippen molar-refractivity contribution in [1.29, 1.82) is 0 Å². The molecular formula is C15H20N2O3. The van der Waals surface area contributed by atoms with Gasteiger partial charge in [-0.25, -0.2) is 4.79 Å². The molecule has 0 spiro atoms. The molecule has 2 N–H and O–H groups in total. The summed E-state index contributed by atoms with van der Waals surface area (Å²) >= 11 is 0.